The van der Waals surface area contributed by atoms with Crippen molar-refractivity contribution in [2.45, 2.75) is 11.3 Å². The third kappa shape index (κ3) is 4.94. The highest BCUT2D eigenvalue weighted by Gasteiger charge is 2.10. The predicted octanol–water partition coefficient (Wildman–Crippen LogP) is 6.46. The molecular formula is C21H14ClN3OS2. The summed E-state index contributed by atoms with van der Waals surface area (Å²) in [5.41, 5.74) is 1.87. The molecule has 0 saturated carbocycles. The first-order chi connectivity index (χ1) is 13.6. The van der Waals surface area contributed by atoms with Gasteiger partial charge in [-0.15, -0.1) is 11.3 Å². The van der Waals surface area contributed by atoms with E-state index in [1.807, 2.05) is 49.4 Å². The van der Waals surface area contributed by atoms with E-state index in [2.05, 4.69) is 4.98 Å². The van der Waals surface area contributed by atoms with Crippen LogP contribution in [0.15, 0.2) is 64.5 Å². The summed E-state index contributed by atoms with van der Waals surface area (Å²) in [6, 6.07) is 17.0. The first kappa shape index (κ1) is 20.0. The van der Waals surface area contributed by atoms with Gasteiger partial charge in [0, 0.05) is 9.93 Å². The van der Waals surface area contributed by atoms with E-state index in [1.165, 1.54) is 17.8 Å². The average molecular weight is 424 g/mol. The summed E-state index contributed by atoms with van der Waals surface area (Å²) in [7, 11) is 0. The molecule has 3 aromatic rings. The Morgan fingerprint density at radius 2 is 1.93 bits per heavy atom. The van der Waals surface area contributed by atoms with Gasteiger partial charge in [-0.1, -0.05) is 35.5 Å². The van der Waals surface area contributed by atoms with Crippen LogP contribution in [0.1, 0.15) is 12.5 Å². The first-order valence-corrected chi connectivity index (χ1v) is 10.3. The Kier molecular flexibility index (Phi) is 6.73. The van der Waals surface area contributed by atoms with Crippen LogP contribution < -0.4 is 4.74 Å². The van der Waals surface area contributed by atoms with Crippen molar-refractivity contribution in [2.75, 3.05) is 6.61 Å². The van der Waals surface area contributed by atoms with Crippen LogP contribution >= 0.6 is 34.7 Å². The summed E-state index contributed by atoms with van der Waals surface area (Å²) < 4.78 is 7.45. The van der Waals surface area contributed by atoms with Crippen molar-refractivity contribution in [3.8, 4) is 17.9 Å². The largest absolute Gasteiger partial charge is 0.494 e. The molecule has 1 heterocycles. The van der Waals surface area contributed by atoms with Crippen molar-refractivity contribution in [1.29, 1.82) is 10.5 Å². The van der Waals surface area contributed by atoms with E-state index in [4.69, 9.17) is 26.9 Å². The van der Waals surface area contributed by atoms with Crippen LogP contribution in [-0.4, -0.2) is 11.6 Å². The van der Waals surface area contributed by atoms with E-state index < -0.39 is 0 Å². The van der Waals surface area contributed by atoms with Crippen LogP contribution in [0.3, 0.4) is 0 Å². The monoisotopic (exact) mass is 423 g/mol. The summed E-state index contributed by atoms with van der Waals surface area (Å²) in [6.45, 7) is 2.56. The standard InChI is InChI=1S/C21H14ClN3OS2/c1-2-26-17-8-9-18-20(11-17)28-21(25-18)27-19(10-3-14(12-23)13-24)15-4-6-16(22)7-5-15/h3-11H,2H2,1H3/b19-10-. The fourth-order valence-electron chi connectivity index (χ4n) is 2.34. The van der Waals surface area contributed by atoms with Gasteiger partial charge in [-0.2, -0.15) is 10.5 Å². The highest BCUT2D eigenvalue weighted by Crippen LogP contribution is 2.39. The molecule has 0 aliphatic rings. The molecule has 0 aliphatic carbocycles. The van der Waals surface area contributed by atoms with Crippen molar-refractivity contribution in [3.05, 3.63) is 70.8 Å². The lowest BCUT2D eigenvalue weighted by molar-refractivity contribution is 0.341. The molecule has 0 atom stereocenters. The average Bonchev–Trinajstić information content (AvgIpc) is 3.10. The van der Waals surface area contributed by atoms with E-state index in [1.54, 1.807) is 29.5 Å². The van der Waals surface area contributed by atoms with Gasteiger partial charge in [-0.3, -0.25) is 0 Å². The summed E-state index contributed by atoms with van der Waals surface area (Å²) in [6.07, 6.45) is 3.27. The van der Waals surface area contributed by atoms with E-state index in [0.29, 0.717) is 11.6 Å². The zero-order valence-electron chi connectivity index (χ0n) is 14.8. The number of halogens is 1. The molecule has 28 heavy (non-hydrogen) atoms. The van der Waals surface area contributed by atoms with Crippen LogP contribution in [-0.2, 0) is 0 Å². The molecule has 0 saturated heterocycles. The van der Waals surface area contributed by atoms with Crippen molar-refractivity contribution < 1.29 is 4.74 Å². The fraction of sp³-hybridized carbons (Fsp3) is 0.0952. The molecule has 7 heteroatoms. The van der Waals surface area contributed by atoms with Gasteiger partial charge in [0.2, 0.25) is 0 Å². The number of hydrogen-bond acceptors (Lipinski definition) is 6. The Bertz CT molecular complexity index is 1120. The smallest absolute Gasteiger partial charge is 0.155 e. The minimum Gasteiger partial charge on any atom is -0.494 e. The van der Waals surface area contributed by atoms with Crippen molar-refractivity contribution in [2.24, 2.45) is 0 Å². The minimum atomic E-state index is 0.0396. The first-order valence-electron chi connectivity index (χ1n) is 8.32. The normalized spacial score (nSPS) is 10.9. The van der Waals surface area contributed by atoms with Gasteiger partial charge in [0.1, 0.15) is 23.5 Å². The topological polar surface area (TPSA) is 69.7 Å². The lowest BCUT2D eigenvalue weighted by Crippen LogP contribution is -1.89. The van der Waals surface area contributed by atoms with E-state index >= 15 is 0 Å². The number of thiazole rings is 1. The number of rotatable bonds is 6. The number of fused-ring (bicyclic) bond motifs is 1. The van der Waals surface area contributed by atoms with Crippen LogP contribution in [0.25, 0.3) is 15.1 Å². The molecule has 0 unspecified atom stereocenters. The number of allylic oxidation sites excluding steroid dienone is 3. The number of nitriles is 2. The summed E-state index contributed by atoms with van der Waals surface area (Å²) in [5, 5.41) is 18.6. The predicted molar refractivity (Wildman–Crippen MR) is 115 cm³/mol. The molecule has 0 amide bonds. The van der Waals surface area contributed by atoms with Gasteiger partial charge in [-0.25, -0.2) is 4.98 Å². The maximum absolute atomic E-state index is 8.98. The molecule has 3 rings (SSSR count). The molecule has 1 aromatic heterocycles. The van der Waals surface area contributed by atoms with Crippen molar-refractivity contribution in [1.82, 2.24) is 4.98 Å². The summed E-state index contributed by atoms with van der Waals surface area (Å²) in [4.78, 5) is 5.54. The van der Waals surface area contributed by atoms with E-state index in [-0.39, 0.29) is 5.57 Å². The number of hydrogen-bond donors (Lipinski definition) is 0. The molecule has 2 aromatic carbocycles. The zero-order chi connectivity index (χ0) is 19.9. The van der Waals surface area contributed by atoms with Crippen LogP contribution in [0.5, 0.6) is 5.75 Å². The van der Waals surface area contributed by atoms with Crippen LogP contribution in [0.4, 0.5) is 0 Å². The Balaban J connectivity index is 1.97. The van der Waals surface area contributed by atoms with Gasteiger partial charge in [-0.05, 0) is 55.0 Å². The number of ether oxygens (including phenoxy) is 1. The quantitative estimate of drug-likeness (QED) is 0.258. The molecule has 0 bridgehead atoms. The Hall–Kier alpha value is -2.77. The molecule has 0 fully saturated rings. The third-order valence-corrected chi connectivity index (χ3v) is 6.04. The van der Waals surface area contributed by atoms with Gasteiger partial charge in [0.25, 0.3) is 0 Å². The van der Waals surface area contributed by atoms with E-state index in [0.717, 1.165) is 30.8 Å². The molecule has 0 spiro atoms. The second kappa shape index (κ2) is 9.43. The maximum atomic E-state index is 8.98. The molecule has 138 valence electrons. The fourth-order valence-corrected chi connectivity index (χ4v) is 4.62. The number of benzene rings is 2. The minimum absolute atomic E-state index is 0.0396. The number of aromatic nitrogens is 1. The maximum Gasteiger partial charge on any atom is 0.155 e. The molecule has 0 radical (unpaired) electrons. The molecular weight excluding hydrogens is 410 g/mol. The zero-order valence-corrected chi connectivity index (χ0v) is 17.2. The number of nitrogens with zero attached hydrogens (tertiary/aromatic N) is 3. The lowest BCUT2D eigenvalue weighted by atomic mass is 10.2. The van der Waals surface area contributed by atoms with Gasteiger partial charge in [0.05, 0.1) is 16.8 Å². The third-order valence-electron chi connectivity index (χ3n) is 3.62. The Labute approximate surface area is 176 Å². The van der Waals surface area contributed by atoms with Crippen LogP contribution in [0.2, 0.25) is 5.02 Å². The van der Waals surface area contributed by atoms with Gasteiger partial charge in [0.15, 0.2) is 4.34 Å². The number of thioether (sulfide) groups is 1. The summed E-state index contributed by atoms with van der Waals surface area (Å²) >= 11 is 9.04. The molecule has 4 nitrogen and oxygen atoms in total. The Morgan fingerprint density at radius 3 is 2.61 bits per heavy atom. The second-order valence-corrected chi connectivity index (χ2v) is 8.24. The molecule has 0 aliphatic heterocycles. The Morgan fingerprint density at radius 1 is 1.18 bits per heavy atom. The van der Waals surface area contributed by atoms with Gasteiger partial charge >= 0.3 is 0 Å². The van der Waals surface area contributed by atoms with E-state index in [9.17, 15) is 0 Å². The lowest BCUT2D eigenvalue weighted by Gasteiger charge is -2.05. The molecule has 0 N–H and O–H groups in total. The summed E-state index contributed by atoms with van der Waals surface area (Å²) in [5.74, 6) is 0.819. The highest BCUT2D eigenvalue weighted by atomic mass is 35.5. The highest BCUT2D eigenvalue weighted by molar-refractivity contribution is 8.09. The van der Waals surface area contributed by atoms with Crippen molar-refractivity contribution in [3.63, 3.8) is 0 Å². The van der Waals surface area contributed by atoms with Crippen molar-refractivity contribution >= 4 is 49.8 Å². The van der Waals surface area contributed by atoms with Gasteiger partial charge < -0.3 is 4.74 Å². The SMILES string of the molecule is CCOc1ccc2nc(S/C(=C\C=C(C#N)C#N)c3ccc(Cl)cc3)sc2c1. The van der Waals surface area contributed by atoms with Crippen LogP contribution in [0, 0.1) is 22.7 Å². The second-order valence-electron chi connectivity index (χ2n) is 5.49.